The lowest BCUT2D eigenvalue weighted by atomic mass is 9.83. The van der Waals surface area contributed by atoms with Crippen molar-refractivity contribution in [2.75, 3.05) is 0 Å². The molecule has 3 rings (SSSR count). The predicted molar refractivity (Wildman–Crippen MR) is 89.5 cm³/mol. The predicted octanol–water partition coefficient (Wildman–Crippen LogP) is 4.04. The summed E-state index contributed by atoms with van der Waals surface area (Å²) in [6, 6.07) is 10.7. The highest BCUT2D eigenvalue weighted by molar-refractivity contribution is 5.94. The molecular weight excluding hydrogens is 310 g/mol. The Morgan fingerprint density at radius 1 is 1.17 bits per heavy atom. The number of aromatic nitrogens is 1. The van der Waals surface area contributed by atoms with Gasteiger partial charge in [-0.1, -0.05) is 18.2 Å². The quantitative estimate of drug-likeness (QED) is 0.746. The molecule has 0 saturated heterocycles. The van der Waals surface area contributed by atoms with Crippen molar-refractivity contribution in [3.05, 3.63) is 71.4 Å². The molecule has 0 aliphatic heterocycles. The van der Waals surface area contributed by atoms with Crippen molar-refractivity contribution < 1.29 is 13.6 Å². The Labute approximate surface area is 138 Å². The summed E-state index contributed by atoms with van der Waals surface area (Å²) >= 11 is 0. The Hall–Kier alpha value is -2.69. The molecule has 1 amide bonds. The van der Waals surface area contributed by atoms with E-state index in [4.69, 9.17) is 0 Å². The van der Waals surface area contributed by atoms with Crippen molar-refractivity contribution in [3.8, 4) is 0 Å². The van der Waals surface area contributed by atoms with Gasteiger partial charge in [0.1, 0.15) is 11.6 Å². The zero-order valence-electron chi connectivity index (χ0n) is 13.5. The Kier molecular flexibility index (Phi) is 4.09. The van der Waals surface area contributed by atoms with Crippen LogP contribution < -0.4 is 5.32 Å². The first-order chi connectivity index (χ1) is 11.4. The van der Waals surface area contributed by atoms with Crippen LogP contribution in [-0.2, 0) is 16.8 Å². The van der Waals surface area contributed by atoms with Crippen LogP contribution in [0.25, 0.3) is 10.9 Å². The number of carbonyl (C=O) groups excluding carboxylic acids is 1. The van der Waals surface area contributed by atoms with E-state index in [1.54, 1.807) is 44.3 Å². The number of amides is 1. The van der Waals surface area contributed by atoms with Crippen molar-refractivity contribution in [2.24, 2.45) is 0 Å². The topological polar surface area (TPSA) is 44.9 Å². The van der Waals surface area contributed by atoms with Crippen LogP contribution in [0.1, 0.15) is 25.0 Å². The van der Waals surface area contributed by atoms with Crippen LogP contribution >= 0.6 is 0 Å². The largest absolute Gasteiger partial charge is 0.361 e. The first-order valence-corrected chi connectivity index (χ1v) is 7.68. The summed E-state index contributed by atoms with van der Waals surface area (Å²) in [7, 11) is 0. The van der Waals surface area contributed by atoms with Crippen molar-refractivity contribution in [3.63, 3.8) is 0 Å². The van der Waals surface area contributed by atoms with E-state index < -0.39 is 5.41 Å². The molecule has 0 atom stereocenters. The van der Waals surface area contributed by atoms with Gasteiger partial charge in [-0.15, -0.1) is 0 Å². The Bertz CT molecular complexity index is 899. The molecule has 1 heterocycles. The summed E-state index contributed by atoms with van der Waals surface area (Å²) in [5, 5.41) is 3.57. The van der Waals surface area contributed by atoms with E-state index in [1.807, 2.05) is 0 Å². The first-order valence-electron chi connectivity index (χ1n) is 7.68. The molecular formula is C19H18F2N2O. The van der Waals surface area contributed by atoms with Crippen LogP contribution in [-0.4, -0.2) is 10.9 Å². The number of rotatable bonds is 4. The van der Waals surface area contributed by atoms with E-state index in [1.165, 1.54) is 18.2 Å². The van der Waals surface area contributed by atoms with Crippen LogP contribution in [0, 0.1) is 11.6 Å². The highest BCUT2D eigenvalue weighted by Crippen LogP contribution is 2.31. The highest BCUT2D eigenvalue weighted by atomic mass is 19.1. The Morgan fingerprint density at radius 3 is 2.67 bits per heavy atom. The number of nitrogens with one attached hydrogen (secondary N) is 2. The summed E-state index contributed by atoms with van der Waals surface area (Å²) in [6.07, 6.45) is 1.72. The lowest BCUT2D eigenvalue weighted by Gasteiger charge is -2.23. The van der Waals surface area contributed by atoms with Crippen molar-refractivity contribution in [1.82, 2.24) is 10.3 Å². The lowest BCUT2D eigenvalue weighted by molar-refractivity contribution is -0.125. The monoisotopic (exact) mass is 328 g/mol. The third kappa shape index (κ3) is 2.89. The molecule has 0 aliphatic rings. The molecule has 5 heteroatoms. The summed E-state index contributed by atoms with van der Waals surface area (Å²) in [5.41, 5.74) is 0.993. The van der Waals surface area contributed by atoms with Gasteiger partial charge in [-0.2, -0.15) is 0 Å². The lowest BCUT2D eigenvalue weighted by Crippen LogP contribution is -2.39. The summed E-state index contributed by atoms with van der Waals surface area (Å²) < 4.78 is 27.0. The molecule has 0 unspecified atom stereocenters. The number of hydrogen-bond acceptors (Lipinski definition) is 1. The number of carbonyl (C=O) groups is 1. The highest BCUT2D eigenvalue weighted by Gasteiger charge is 2.32. The van der Waals surface area contributed by atoms with Crippen molar-refractivity contribution in [1.29, 1.82) is 0 Å². The van der Waals surface area contributed by atoms with Gasteiger partial charge in [0.05, 0.1) is 5.41 Å². The Morgan fingerprint density at radius 2 is 1.92 bits per heavy atom. The van der Waals surface area contributed by atoms with Gasteiger partial charge in [0.25, 0.3) is 0 Å². The molecule has 24 heavy (non-hydrogen) atoms. The molecule has 2 aromatic carbocycles. The van der Waals surface area contributed by atoms with Gasteiger partial charge in [0, 0.05) is 29.2 Å². The fraction of sp³-hybridized carbons (Fsp3) is 0.211. The van der Waals surface area contributed by atoms with E-state index in [9.17, 15) is 13.6 Å². The van der Waals surface area contributed by atoms with Gasteiger partial charge < -0.3 is 10.3 Å². The first kappa shape index (κ1) is 16.2. The Balaban J connectivity index is 1.83. The van der Waals surface area contributed by atoms with Crippen LogP contribution in [0.4, 0.5) is 8.78 Å². The standard InChI is InChI=1S/C19H18F2N2O/c1-19(2,15-11-22-17-9-13(20)7-8-14(15)17)18(24)23-10-12-5-3-4-6-16(12)21/h3-9,11,22H,10H2,1-2H3,(H,23,24). The maximum absolute atomic E-state index is 13.7. The number of H-pyrrole nitrogens is 1. The smallest absolute Gasteiger partial charge is 0.230 e. The fourth-order valence-electron chi connectivity index (χ4n) is 2.78. The van der Waals surface area contributed by atoms with Crippen LogP contribution in [0.5, 0.6) is 0 Å². The van der Waals surface area contributed by atoms with Gasteiger partial charge in [-0.05, 0) is 43.7 Å². The number of aromatic amines is 1. The van der Waals surface area contributed by atoms with Gasteiger partial charge in [-0.25, -0.2) is 8.78 Å². The average Bonchev–Trinajstić information content (AvgIpc) is 2.97. The van der Waals surface area contributed by atoms with Crippen molar-refractivity contribution in [2.45, 2.75) is 25.8 Å². The third-order valence-corrected chi connectivity index (χ3v) is 4.28. The molecule has 0 radical (unpaired) electrons. The second-order valence-corrected chi connectivity index (χ2v) is 6.29. The van der Waals surface area contributed by atoms with E-state index >= 15 is 0 Å². The van der Waals surface area contributed by atoms with Gasteiger partial charge in [-0.3, -0.25) is 4.79 Å². The molecule has 0 aliphatic carbocycles. The minimum absolute atomic E-state index is 0.117. The van der Waals surface area contributed by atoms with Crippen molar-refractivity contribution >= 4 is 16.8 Å². The fourth-order valence-corrected chi connectivity index (χ4v) is 2.78. The number of benzene rings is 2. The minimum Gasteiger partial charge on any atom is -0.361 e. The van der Waals surface area contributed by atoms with E-state index in [-0.39, 0.29) is 24.1 Å². The van der Waals surface area contributed by atoms with Gasteiger partial charge in [0.2, 0.25) is 5.91 Å². The normalized spacial score (nSPS) is 11.7. The van der Waals surface area contributed by atoms with E-state index in [0.717, 1.165) is 10.9 Å². The minimum atomic E-state index is -0.846. The number of hydrogen-bond donors (Lipinski definition) is 2. The number of fused-ring (bicyclic) bond motifs is 1. The zero-order valence-corrected chi connectivity index (χ0v) is 13.5. The molecule has 3 nitrogen and oxygen atoms in total. The molecule has 2 N–H and O–H groups in total. The molecule has 124 valence electrons. The molecule has 0 spiro atoms. The van der Waals surface area contributed by atoms with E-state index in [0.29, 0.717) is 11.1 Å². The van der Waals surface area contributed by atoms with Gasteiger partial charge in [0.15, 0.2) is 0 Å². The third-order valence-electron chi connectivity index (χ3n) is 4.28. The van der Waals surface area contributed by atoms with Crippen LogP contribution in [0.2, 0.25) is 0 Å². The molecule has 1 aromatic heterocycles. The molecule has 3 aromatic rings. The number of halogens is 2. The maximum Gasteiger partial charge on any atom is 0.230 e. The molecule has 0 fully saturated rings. The van der Waals surface area contributed by atoms with E-state index in [2.05, 4.69) is 10.3 Å². The van der Waals surface area contributed by atoms with Crippen LogP contribution in [0.15, 0.2) is 48.7 Å². The summed E-state index contributed by atoms with van der Waals surface area (Å²) in [4.78, 5) is 15.6. The molecule has 0 saturated carbocycles. The van der Waals surface area contributed by atoms with Gasteiger partial charge >= 0.3 is 0 Å². The molecule has 0 bridgehead atoms. The SMILES string of the molecule is CC(C)(C(=O)NCc1ccccc1F)c1c[nH]c2cc(F)ccc12. The average molecular weight is 328 g/mol. The summed E-state index contributed by atoms with van der Waals surface area (Å²) in [6.45, 7) is 3.69. The van der Waals surface area contributed by atoms with Crippen LogP contribution in [0.3, 0.4) is 0 Å². The maximum atomic E-state index is 13.7. The zero-order chi connectivity index (χ0) is 17.3. The second kappa shape index (κ2) is 6.07. The summed E-state index contributed by atoms with van der Waals surface area (Å²) in [5.74, 6) is -0.910. The second-order valence-electron chi connectivity index (χ2n) is 6.29.